The highest BCUT2D eigenvalue weighted by atomic mass is 79.9. The maximum absolute atomic E-state index is 12.0. The van der Waals surface area contributed by atoms with E-state index in [-0.39, 0.29) is 5.91 Å². The van der Waals surface area contributed by atoms with E-state index in [4.69, 9.17) is 11.6 Å². The molecule has 0 radical (unpaired) electrons. The lowest BCUT2D eigenvalue weighted by atomic mass is 10.2. The summed E-state index contributed by atoms with van der Waals surface area (Å²) in [5.74, 6) is -0.103. The third kappa shape index (κ3) is 4.66. The van der Waals surface area contributed by atoms with Crippen molar-refractivity contribution >= 4 is 33.4 Å². The molecule has 3 nitrogen and oxygen atoms in total. The molecular formula is C12H15BrClNO2. The summed E-state index contributed by atoms with van der Waals surface area (Å²) in [6.45, 7) is 2.22. The van der Waals surface area contributed by atoms with Crippen LogP contribution in [-0.2, 0) is 0 Å². The maximum atomic E-state index is 12.0. The third-order valence-corrected chi connectivity index (χ3v) is 3.01. The molecule has 94 valence electrons. The number of halogens is 2. The van der Waals surface area contributed by atoms with Crippen molar-refractivity contribution in [2.24, 2.45) is 0 Å². The van der Waals surface area contributed by atoms with Gasteiger partial charge in [0, 0.05) is 28.7 Å². The van der Waals surface area contributed by atoms with Crippen LogP contribution in [0.25, 0.3) is 0 Å². The van der Waals surface area contributed by atoms with Gasteiger partial charge in [-0.15, -0.1) is 0 Å². The molecule has 1 aromatic rings. The van der Waals surface area contributed by atoms with Crippen molar-refractivity contribution in [2.45, 2.75) is 19.4 Å². The van der Waals surface area contributed by atoms with E-state index in [2.05, 4.69) is 15.9 Å². The summed E-state index contributed by atoms with van der Waals surface area (Å²) in [6.07, 6.45) is 0.153. The van der Waals surface area contributed by atoms with Gasteiger partial charge in [0.15, 0.2) is 0 Å². The molecule has 0 bridgehead atoms. The minimum absolute atomic E-state index is 0.103. The van der Waals surface area contributed by atoms with Crippen molar-refractivity contribution < 1.29 is 9.90 Å². The maximum Gasteiger partial charge on any atom is 0.253 e. The number of aliphatic hydroxyl groups excluding tert-OH is 1. The van der Waals surface area contributed by atoms with Crippen LogP contribution >= 0.6 is 27.5 Å². The number of rotatable bonds is 4. The van der Waals surface area contributed by atoms with Crippen LogP contribution < -0.4 is 0 Å². The molecule has 0 heterocycles. The van der Waals surface area contributed by atoms with E-state index < -0.39 is 6.10 Å². The highest BCUT2D eigenvalue weighted by Crippen LogP contribution is 2.20. The average Bonchev–Trinajstić information content (AvgIpc) is 2.23. The van der Waals surface area contributed by atoms with Gasteiger partial charge in [0.25, 0.3) is 5.91 Å². The first-order valence-corrected chi connectivity index (χ1v) is 6.47. The zero-order valence-corrected chi connectivity index (χ0v) is 12.1. The number of carbonyl (C=O) groups excluding carboxylic acids is 1. The highest BCUT2D eigenvalue weighted by molar-refractivity contribution is 9.10. The summed E-state index contributed by atoms with van der Waals surface area (Å²) in [7, 11) is 1.71. The van der Waals surface area contributed by atoms with Crippen molar-refractivity contribution in [3.05, 3.63) is 33.3 Å². The number of hydrogen-bond acceptors (Lipinski definition) is 2. The molecule has 1 atom stereocenters. The Bertz CT molecular complexity index is 389. The van der Waals surface area contributed by atoms with Crippen LogP contribution in [0.2, 0.25) is 5.02 Å². The lowest BCUT2D eigenvalue weighted by Crippen LogP contribution is -2.29. The van der Waals surface area contributed by atoms with Crippen LogP contribution in [0.3, 0.4) is 0 Å². The average molecular weight is 321 g/mol. The van der Waals surface area contributed by atoms with Gasteiger partial charge < -0.3 is 10.0 Å². The van der Waals surface area contributed by atoms with Gasteiger partial charge in [-0.1, -0.05) is 27.5 Å². The second-order valence-corrected chi connectivity index (χ2v) is 5.37. The molecule has 0 saturated carbocycles. The Hall–Kier alpha value is -0.580. The lowest BCUT2D eigenvalue weighted by Gasteiger charge is -2.18. The van der Waals surface area contributed by atoms with E-state index in [0.29, 0.717) is 23.6 Å². The Kier molecular flexibility index (Phi) is 5.43. The second-order valence-electron chi connectivity index (χ2n) is 4.02. The molecule has 0 saturated heterocycles. The van der Waals surface area contributed by atoms with Crippen LogP contribution in [0.15, 0.2) is 22.7 Å². The summed E-state index contributed by atoms with van der Waals surface area (Å²) >= 11 is 9.18. The fourth-order valence-electron chi connectivity index (χ4n) is 1.38. The largest absolute Gasteiger partial charge is 0.393 e. The van der Waals surface area contributed by atoms with Gasteiger partial charge in [0.05, 0.1) is 6.10 Å². The first-order chi connectivity index (χ1) is 7.90. The number of benzene rings is 1. The van der Waals surface area contributed by atoms with Gasteiger partial charge >= 0.3 is 0 Å². The molecule has 5 heteroatoms. The standard InChI is InChI=1S/C12H15BrClNO2/c1-8(16)3-4-15(2)12(17)9-5-10(13)7-11(14)6-9/h5-8,16H,3-4H2,1-2H3. The van der Waals surface area contributed by atoms with E-state index >= 15 is 0 Å². The van der Waals surface area contributed by atoms with Crippen molar-refractivity contribution in [1.82, 2.24) is 4.90 Å². The molecule has 1 N–H and O–H groups in total. The van der Waals surface area contributed by atoms with Crippen molar-refractivity contribution in [2.75, 3.05) is 13.6 Å². The SMILES string of the molecule is CC(O)CCN(C)C(=O)c1cc(Cl)cc(Br)c1. The molecule has 0 aliphatic carbocycles. The molecule has 1 aromatic carbocycles. The molecule has 0 aliphatic heterocycles. The molecule has 0 fully saturated rings. The quantitative estimate of drug-likeness (QED) is 0.926. The van der Waals surface area contributed by atoms with Crippen molar-refractivity contribution in [1.29, 1.82) is 0 Å². The third-order valence-electron chi connectivity index (χ3n) is 2.34. The summed E-state index contributed by atoms with van der Waals surface area (Å²) in [4.78, 5) is 13.6. The number of carbonyl (C=O) groups is 1. The van der Waals surface area contributed by atoms with E-state index in [9.17, 15) is 9.90 Å². The highest BCUT2D eigenvalue weighted by Gasteiger charge is 2.13. The Morgan fingerprint density at radius 2 is 2.18 bits per heavy atom. The topological polar surface area (TPSA) is 40.5 Å². The summed E-state index contributed by atoms with van der Waals surface area (Å²) in [5, 5.41) is 9.70. The molecule has 0 aliphatic rings. The monoisotopic (exact) mass is 319 g/mol. The molecular weight excluding hydrogens is 305 g/mol. The Morgan fingerprint density at radius 1 is 1.53 bits per heavy atom. The Labute approximate surface area is 115 Å². The van der Waals surface area contributed by atoms with Gasteiger partial charge in [0.1, 0.15) is 0 Å². The first-order valence-electron chi connectivity index (χ1n) is 5.29. The van der Waals surface area contributed by atoms with E-state index in [1.54, 1.807) is 37.1 Å². The molecule has 1 rings (SSSR count). The molecule has 17 heavy (non-hydrogen) atoms. The number of aliphatic hydroxyl groups is 1. The lowest BCUT2D eigenvalue weighted by molar-refractivity contribution is 0.0769. The predicted molar refractivity (Wildman–Crippen MR) is 72.4 cm³/mol. The van der Waals surface area contributed by atoms with Crippen LogP contribution in [-0.4, -0.2) is 35.6 Å². The summed E-state index contributed by atoms with van der Waals surface area (Å²) in [6, 6.07) is 5.09. The number of hydrogen-bond donors (Lipinski definition) is 1. The molecule has 0 spiro atoms. The van der Waals surface area contributed by atoms with Crippen molar-refractivity contribution in [3.8, 4) is 0 Å². The normalized spacial score (nSPS) is 12.3. The number of amides is 1. The van der Waals surface area contributed by atoms with Gasteiger partial charge in [-0.25, -0.2) is 0 Å². The van der Waals surface area contributed by atoms with Crippen LogP contribution in [0.4, 0.5) is 0 Å². The van der Waals surface area contributed by atoms with Crippen LogP contribution in [0, 0.1) is 0 Å². The fourth-order valence-corrected chi connectivity index (χ4v) is 2.24. The van der Waals surface area contributed by atoms with Crippen LogP contribution in [0.5, 0.6) is 0 Å². The van der Waals surface area contributed by atoms with E-state index in [1.807, 2.05) is 0 Å². The molecule has 0 aromatic heterocycles. The minimum Gasteiger partial charge on any atom is -0.393 e. The number of nitrogens with zero attached hydrogens (tertiary/aromatic N) is 1. The van der Waals surface area contributed by atoms with Gasteiger partial charge in [-0.05, 0) is 31.5 Å². The van der Waals surface area contributed by atoms with Gasteiger partial charge in [-0.2, -0.15) is 0 Å². The first kappa shape index (κ1) is 14.5. The summed E-state index contributed by atoms with van der Waals surface area (Å²) < 4.78 is 0.775. The van der Waals surface area contributed by atoms with E-state index in [1.165, 1.54) is 0 Å². The second kappa shape index (κ2) is 6.38. The Balaban J connectivity index is 2.74. The van der Waals surface area contributed by atoms with Crippen LogP contribution in [0.1, 0.15) is 23.7 Å². The fraction of sp³-hybridized carbons (Fsp3) is 0.417. The smallest absolute Gasteiger partial charge is 0.253 e. The zero-order valence-electron chi connectivity index (χ0n) is 9.78. The predicted octanol–water partition coefficient (Wildman–Crippen LogP) is 2.95. The minimum atomic E-state index is -0.406. The van der Waals surface area contributed by atoms with Crippen molar-refractivity contribution in [3.63, 3.8) is 0 Å². The molecule has 1 amide bonds. The molecule has 1 unspecified atom stereocenters. The van der Waals surface area contributed by atoms with E-state index in [0.717, 1.165) is 4.47 Å². The summed E-state index contributed by atoms with van der Waals surface area (Å²) in [5.41, 5.74) is 0.539. The Morgan fingerprint density at radius 3 is 2.71 bits per heavy atom. The zero-order chi connectivity index (χ0) is 13.0. The van der Waals surface area contributed by atoms with Gasteiger partial charge in [0.2, 0.25) is 0 Å². The van der Waals surface area contributed by atoms with Gasteiger partial charge in [-0.3, -0.25) is 4.79 Å².